The molecular formula is C54H75O13PSi. The topological polar surface area (TPSA) is 155 Å². The molecule has 1 aliphatic rings. The predicted octanol–water partition coefficient (Wildman–Crippen LogP) is 11.2. The Balaban J connectivity index is 1.55. The number of carbonyl (C=O) groups excluding carboxylic acids is 2. The van der Waals surface area contributed by atoms with Crippen LogP contribution in [0.2, 0.25) is 25.7 Å². The largest absolute Gasteiger partial charge is 0.475 e. The highest BCUT2D eigenvalue weighted by molar-refractivity contribution is 7.48. The highest BCUT2D eigenvalue weighted by Crippen LogP contribution is 2.53. The summed E-state index contributed by atoms with van der Waals surface area (Å²) in [7, 11) is -6.51. The van der Waals surface area contributed by atoms with Crippen molar-refractivity contribution in [1.82, 2.24) is 0 Å². The first-order chi connectivity index (χ1) is 33.4. The minimum absolute atomic E-state index is 0.00389. The number of ether oxygens (including phenoxy) is 6. The number of phosphoric acid groups is 1. The van der Waals surface area contributed by atoms with Gasteiger partial charge in [0.25, 0.3) is 0 Å². The molecule has 0 saturated heterocycles. The van der Waals surface area contributed by atoms with E-state index in [0.29, 0.717) is 18.9 Å². The zero-order valence-corrected chi connectivity index (χ0v) is 43.1. The lowest BCUT2D eigenvalue weighted by Crippen LogP contribution is -2.66. The standard InChI is InChI=1S/C54H75O13PSi/c1-6-8-14-32-47(55)59-40-46(66-48(56)33-15-9-7-2)41-65-68(58,64-34-35-69(3,4)5)67-51-49(57)50(60-36-42-24-16-10-17-25-42)52(61-37-43-26-18-11-19-27-43)54(63-39-45-30-22-13-23-31-45)53(51)62-38-44-28-20-12-21-29-44/h10-13,16-31,46,49-54,57H,6-9,14-15,32-41H2,1-5H3/t46-,49+,50+,51-,52-,53+,54+,68?/m1/s1. The van der Waals surface area contributed by atoms with E-state index in [2.05, 4.69) is 19.6 Å². The normalized spacial score (nSPS) is 20.7. The summed E-state index contributed by atoms with van der Waals surface area (Å²) >= 11 is 0. The third-order valence-electron chi connectivity index (χ3n) is 11.6. The van der Waals surface area contributed by atoms with Crippen LogP contribution in [-0.4, -0.2) is 87.7 Å². The van der Waals surface area contributed by atoms with Crippen LogP contribution in [-0.2, 0) is 82.6 Å². The average molecular weight is 991 g/mol. The minimum atomic E-state index is -4.73. The Kier molecular flexibility index (Phi) is 24.3. The van der Waals surface area contributed by atoms with Crippen LogP contribution in [0.1, 0.15) is 87.5 Å². The molecule has 8 atom stereocenters. The number of aliphatic hydroxyl groups is 1. The first-order valence-electron chi connectivity index (χ1n) is 24.6. The summed E-state index contributed by atoms with van der Waals surface area (Å²) in [5, 5.41) is 12.8. The Labute approximate surface area is 411 Å². The van der Waals surface area contributed by atoms with E-state index in [-0.39, 0.29) is 52.5 Å². The van der Waals surface area contributed by atoms with Gasteiger partial charge in [0.05, 0.1) is 39.6 Å². The van der Waals surface area contributed by atoms with Gasteiger partial charge in [-0.05, 0) is 41.1 Å². The molecule has 1 aliphatic carbocycles. The summed E-state index contributed by atoms with van der Waals surface area (Å²) in [4.78, 5) is 25.9. The second kappa shape index (κ2) is 30.0. The fourth-order valence-corrected chi connectivity index (χ4v) is 9.92. The summed E-state index contributed by atoms with van der Waals surface area (Å²) in [6.45, 7) is 10.1. The molecule has 0 aliphatic heterocycles. The molecule has 5 rings (SSSR count). The SMILES string of the molecule is CCCCCC(=O)OC[C@H](COP(=O)(OCC[Si](C)(C)C)O[C@@H]1[C@@H](O)[C@H](OCc2ccccc2)[C@@H](OCc2ccccc2)[C@H](OCc2ccccc2)[C@H]1OCc1ccccc1)OC(=O)CCCCC. The molecule has 4 aromatic carbocycles. The Morgan fingerprint density at radius 3 is 1.39 bits per heavy atom. The lowest BCUT2D eigenvalue weighted by molar-refractivity contribution is -0.271. The van der Waals surface area contributed by atoms with Gasteiger partial charge in [0.1, 0.15) is 43.2 Å². The molecule has 1 fully saturated rings. The van der Waals surface area contributed by atoms with Crippen molar-refractivity contribution in [3.05, 3.63) is 144 Å². The Morgan fingerprint density at radius 2 is 0.957 bits per heavy atom. The van der Waals surface area contributed by atoms with Crippen LogP contribution in [0.15, 0.2) is 121 Å². The van der Waals surface area contributed by atoms with Gasteiger partial charge >= 0.3 is 19.8 Å². The summed E-state index contributed by atoms with van der Waals surface area (Å²) < 4.78 is 72.8. The number of carbonyl (C=O) groups is 2. The average Bonchev–Trinajstić information content (AvgIpc) is 3.34. The van der Waals surface area contributed by atoms with Crippen molar-refractivity contribution in [2.24, 2.45) is 0 Å². The molecule has 0 amide bonds. The van der Waals surface area contributed by atoms with Crippen LogP contribution in [0.25, 0.3) is 0 Å². The lowest BCUT2D eigenvalue weighted by atomic mass is 9.84. The third kappa shape index (κ3) is 20.3. The number of phosphoric ester groups is 1. The fraction of sp³-hybridized carbons (Fsp3) is 0.519. The number of hydrogen-bond donors (Lipinski definition) is 1. The van der Waals surface area contributed by atoms with Gasteiger partial charge in [-0.15, -0.1) is 0 Å². The van der Waals surface area contributed by atoms with Crippen molar-refractivity contribution in [2.75, 3.05) is 19.8 Å². The molecular weight excluding hydrogens is 916 g/mol. The maximum atomic E-state index is 15.4. The van der Waals surface area contributed by atoms with Crippen molar-refractivity contribution in [3.63, 3.8) is 0 Å². The zero-order chi connectivity index (χ0) is 49.3. The molecule has 0 bridgehead atoms. The van der Waals surface area contributed by atoms with Crippen LogP contribution < -0.4 is 0 Å². The second-order valence-corrected chi connectivity index (χ2v) is 25.9. The molecule has 4 aromatic rings. The molecule has 1 saturated carbocycles. The number of benzene rings is 4. The van der Waals surface area contributed by atoms with Crippen molar-refractivity contribution in [1.29, 1.82) is 0 Å². The van der Waals surface area contributed by atoms with E-state index < -0.39 is 77.2 Å². The van der Waals surface area contributed by atoms with Crippen LogP contribution in [0, 0.1) is 0 Å². The first kappa shape index (κ1) is 55.9. The quantitative estimate of drug-likeness (QED) is 0.0214. The van der Waals surface area contributed by atoms with Crippen LogP contribution in [0.5, 0.6) is 0 Å². The number of unbranched alkanes of at least 4 members (excludes halogenated alkanes) is 4. The first-order valence-corrected chi connectivity index (χ1v) is 29.8. The molecule has 13 nitrogen and oxygen atoms in total. The lowest BCUT2D eigenvalue weighted by Gasteiger charge is -2.48. The van der Waals surface area contributed by atoms with Gasteiger partial charge in [0.15, 0.2) is 6.10 Å². The molecule has 69 heavy (non-hydrogen) atoms. The third-order valence-corrected chi connectivity index (χ3v) is 14.7. The molecule has 0 heterocycles. The molecule has 378 valence electrons. The van der Waals surface area contributed by atoms with Gasteiger partial charge in [-0.2, -0.15) is 0 Å². The Morgan fingerprint density at radius 1 is 0.551 bits per heavy atom. The van der Waals surface area contributed by atoms with E-state index >= 15 is 4.57 Å². The van der Waals surface area contributed by atoms with Gasteiger partial charge < -0.3 is 33.5 Å². The van der Waals surface area contributed by atoms with Gasteiger partial charge in [-0.3, -0.25) is 23.2 Å². The highest BCUT2D eigenvalue weighted by Gasteiger charge is 2.56. The summed E-state index contributed by atoms with van der Waals surface area (Å²) in [6.07, 6.45) is -3.25. The molecule has 1 unspecified atom stereocenters. The smallest absolute Gasteiger partial charge is 0.462 e. The van der Waals surface area contributed by atoms with E-state index in [0.717, 1.165) is 47.9 Å². The molecule has 0 radical (unpaired) electrons. The summed E-state index contributed by atoms with van der Waals surface area (Å²) in [5.41, 5.74) is 3.43. The maximum absolute atomic E-state index is 15.4. The predicted molar refractivity (Wildman–Crippen MR) is 268 cm³/mol. The van der Waals surface area contributed by atoms with E-state index in [1.807, 2.05) is 135 Å². The minimum Gasteiger partial charge on any atom is -0.462 e. The Bertz CT molecular complexity index is 2080. The maximum Gasteiger partial charge on any atom is 0.475 e. The monoisotopic (exact) mass is 990 g/mol. The number of rotatable bonds is 32. The second-order valence-electron chi connectivity index (χ2n) is 18.7. The molecule has 0 spiro atoms. The number of hydrogen-bond acceptors (Lipinski definition) is 13. The summed E-state index contributed by atoms with van der Waals surface area (Å²) in [6, 6.07) is 39.0. The fourth-order valence-electron chi connectivity index (χ4n) is 7.63. The van der Waals surface area contributed by atoms with Gasteiger partial charge in [0, 0.05) is 20.9 Å². The van der Waals surface area contributed by atoms with E-state index in [9.17, 15) is 14.7 Å². The van der Waals surface area contributed by atoms with Crippen molar-refractivity contribution < 1.29 is 61.3 Å². The van der Waals surface area contributed by atoms with Crippen molar-refractivity contribution >= 4 is 27.8 Å². The van der Waals surface area contributed by atoms with E-state index in [4.69, 9.17) is 42.0 Å². The molecule has 1 N–H and O–H groups in total. The van der Waals surface area contributed by atoms with Gasteiger partial charge in [-0.1, -0.05) is 180 Å². The summed E-state index contributed by atoms with van der Waals surface area (Å²) in [5.74, 6) is -0.956. The molecule has 0 aromatic heterocycles. The van der Waals surface area contributed by atoms with Gasteiger partial charge in [0.2, 0.25) is 0 Å². The van der Waals surface area contributed by atoms with Crippen molar-refractivity contribution in [2.45, 2.75) is 160 Å². The van der Waals surface area contributed by atoms with Crippen LogP contribution >= 0.6 is 7.82 Å². The van der Waals surface area contributed by atoms with Crippen LogP contribution in [0.4, 0.5) is 0 Å². The number of aliphatic hydroxyl groups excluding tert-OH is 1. The Hall–Kier alpha value is -4.05. The van der Waals surface area contributed by atoms with Crippen LogP contribution in [0.3, 0.4) is 0 Å². The van der Waals surface area contributed by atoms with Crippen molar-refractivity contribution in [3.8, 4) is 0 Å². The zero-order valence-electron chi connectivity index (χ0n) is 41.2. The number of esters is 2. The molecule has 15 heteroatoms. The van der Waals surface area contributed by atoms with E-state index in [1.165, 1.54) is 0 Å². The van der Waals surface area contributed by atoms with Gasteiger partial charge in [-0.25, -0.2) is 4.57 Å². The van der Waals surface area contributed by atoms with E-state index in [1.54, 1.807) is 0 Å². The highest BCUT2D eigenvalue weighted by atomic mass is 31.2.